The van der Waals surface area contributed by atoms with Gasteiger partial charge in [0, 0.05) is 17.1 Å². The average Bonchev–Trinajstić information content (AvgIpc) is 3.23. The molecule has 0 spiro atoms. The van der Waals surface area contributed by atoms with E-state index in [0.717, 1.165) is 17.3 Å². The summed E-state index contributed by atoms with van der Waals surface area (Å²) < 4.78 is 2.49. The molecule has 5 N–H and O–H groups in total. The van der Waals surface area contributed by atoms with Gasteiger partial charge in [0.25, 0.3) is 5.56 Å². The average molecular weight is 527 g/mol. The summed E-state index contributed by atoms with van der Waals surface area (Å²) in [6, 6.07) is 16.2. The van der Waals surface area contributed by atoms with Crippen LogP contribution in [0.4, 0.5) is 11.5 Å². The van der Waals surface area contributed by atoms with Crippen molar-refractivity contribution >= 4 is 40.8 Å². The number of nitrogens with zero attached hydrogens (tertiary/aromatic N) is 5. The Morgan fingerprint density at radius 1 is 1.14 bits per heavy atom. The number of hydrogen-bond acceptors (Lipinski definition) is 8. The van der Waals surface area contributed by atoms with Crippen LogP contribution in [0.3, 0.4) is 0 Å². The van der Waals surface area contributed by atoms with Gasteiger partial charge < -0.3 is 16.5 Å². The number of anilines is 2. The van der Waals surface area contributed by atoms with E-state index in [1.165, 1.54) is 14.1 Å². The highest BCUT2D eigenvalue weighted by Gasteiger charge is 2.24. The van der Waals surface area contributed by atoms with Crippen molar-refractivity contribution in [3.8, 4) is 11.4 Å². The van der Waals surface area contributed by atoms with Crippen molar-refractivity contribution in [1.29, 1.82) is 0 Å². The molecule has 2 aromatic carbocycles. The summed E-state index contributed by atoms with van der Waals surface area (Å²) in [6.45, 7) is 1.99. The predicted octanol–water partition coefficient (Wildman–Crippen LogP) is 1.94. The summed E-state index contributed by atoms with van der Waals surface area (Å²) in [6.07, 6.45) is 0. The third-order valence-electron chi connectivity index (χ3n) is 5.36. The first-order valence-corrected chi connectivity index (χ1v) is 12.2. The van der Waals surface area contributed by atoms with Crippen molar-refractivity contribution in [1.82, 2.24) is 24.4 Å². The number of nitrogens with two attached hydrogens (primary N) is 2. The van der Waals surface area contributed by atoms with Crippen molar-refractivity contribution in [3.63, 3.8) is 0 Å². The number of H-pyrrole nitrogens is 1. The molecule has 0 aliphatic heterocycles. The Balaban J connectivity index is 1.57. The number of carbonyl (C=O) groups excluding carboxylic acids is 1. The summed E-state index contributed by atoms with van der Waals surface area (Å²) in [5.41, 5.74) is 6.23. The number of benzene rings is 2. The molecule has 36 heavy (non-hydrogen) atoms. The first kappa shape index (κ1) is 25.1. The van der Waals surface area contributed by atoms with E-state index < -0.39 is 17.2 Å². The zero-order valence-corrected chi connectivity index (χ0v) is 20.8. The summed E-state index contributed by atoms with van der Waals surface area (Å²) in [5, 5.41) is 8.97. The lowest BCUT2D eigenvalue weighted by Gasteiger charge is -2.23. The van der Waals surface area contributed by atoms with E-state index >= 15 is 0 Å². The highest BCUT2D eigenvalue weighted by Crippen LogP contribution is 2.25. The van der Waals surface area contributed by atoms with Gasteiger partial charge in [0.1, 0.15) is 5.82 Å². The summed E-state index contributed by atoms with van der Waals surface area (Å²) in [4.78, 5) is 41.8. The quantitative estimate of drug-likeness (QED) is 0.232. The second-order valence-electron chi connectivity index (χ2n) is 7.68. The van der Waals surface area contributed by atoms with Gasteiger partial charge in [0.15, 0.2) is 11.5 Å². The number of thioether (sulfide) groups is 1. The largest absolute Gasteiger partial charge is 0.383 e. The third-order valence-corrected chi connectivity index (χ3v) is 6.52. The summed E-state index contributed by atoms with van der Waals surface area (Å²) in [5.74, 6) is 5.90. The first-order valence-electron chi connectivity index (χ1n) is 10.9. The van der Waals surface area contributed by atoms with E-state index in [9.17, 15) is 14.4 Å². The van der Waals surface area contributed by atoms with Crippen LogP contribution in [0.5, 0.6) is 0 Å². The minimum Gasteiger partial charge on any atom is -0.383 e. The van der Waals surface area contributed by atoms with Crippen molar-refractivity contribution in [2.45, 2.75) is 18.6 Å². The Bertz CT molecular complexity index is 1520. The Kier molecular flexibility index (Phi) is 7.46. The highest BCUT2D eigenvalue weighted by atomic mass is 35.5. The van der Waals surface area contributed by atoms with E-state index in [-0.39, 0.29) is 30.3 Å². The minimum absolute atomic E-state index is 0.0903. The normalized spacial score (nSPS) is 10.9. The molecule has 0 unspecified atom stereocenters. The zero-order valence-electron chi connectivity index (χ0n) is 19.2. The Hall–Kier alpha value is -4.03. The second kappa shape index (κ2) is 10.7. The molecule has 4 aromatic rings. The first-order chi connectivity index (χ1) is 17.3. The number of nitrogen functional groups attached to an aromatic ring is 2. The van der Waals surface area contributed by atoms with Gasteiger partial charge in [-0.15, -0.1) is 10.2 Å². The molecule has 2 aromatic heterocycles. The molecule has 0 atom stereocenters. The van der Waals surface area contributed by atoms with E-state index in [1.54, 1.807) is 31.2 Å². The molecular weight excluding hydrogens is 504 g/mol. The van der Waals surface area contributed by atoms with Crippen LogP contribution in [-0.2, 0) is 11.3 Å². The lowest BCUT2D eigenvalue weighted by Crippen LogP contribution is -2.42. The van der Waals surface area contributed by atoms with Crippen LogP contribution in [0.1, 0.15) is 12.5 Å². The van der Waals surface area contributed by atoms with Crippen LogP contribution in [-0.4, -0.2) is 42.6 Å². The maximum atomic E-state index is 13.1. The Labute approximate surface area is 214 Å². The number of carbonyl (C=O) groups is 1. The van der Waals surface area contributed by atoms with Gasteiger partial charge in [0.2, 0.25) is 11.1 Å². The Morgan fingerprint density at radius 3 is 2.58 bits per heavy atom. The molecule has 1 amide bonds. The molecule has 2 heterocycles. The molecule has 186 valence electrons. The van der Waals surface area contributed by atoms with Crippen LogP contribution in [0, 0.1) is 0 Å². The van der Waals surface area contributed by atoms with Crippen molar-refractivity contribution in [3.05, 3.63) is 86.0 Å². The lowest BCUT2D eigenvalue weighted by atomic mass is 10.2. The van der Waals surface area contributed by atoms with Gasteiger partial charge in [-0.2, -0.15) is 0 Å². The molecule has 0 bridgehead atoms. The smallest absolute Gasteiger partial charge is 0.330 e. The maximum Gasteiger partial charge on any atom is 0.330 e. The molecule has 4 rings (SSSR count). The molecule has 0 saturated carbocycles. The monoisotopic (exact) mass is 526 g/mol. The minimum atomic E-state index is -0.743. The Morgan fingerprint density at radius 2 is 1.89 bits per heavy atom. The predicted molar refractivity (Wildman–Crippen MR) is 141 cm³/mol. The third kappa shape index (κ3) is 5.14. The van der Waals surface area contributed by atoms with Gasteiger partial charge in [0.05, 0.1) is 12.3 Å². The molecule has 13 heteroatoms. The summed E-state index contributed by atoms with van der Waals surface area (Å²) in [7, 11) is 0. The van der Waals surface area contributed by atoms with Crippen LogP contribution in [0.2, 0.25) is 5.02 Å². The highest BCUT2D eigenvalue weighted by molar-refractivity contribution is 7.99. The number of hydrogen-bond donors (Lipinski definition) is 3. The van der Waals surface area contributed by atoms with Crippen LogP contribution in [0.25, 0.3) is 11.4 Å². The molecule has 0 fully saturated rings. The standard InChI is InChI=1S/C23H23ClN8O3S/c1-2-30(18-19(25)31(22(35)27-21(18)34)12-14-7-4-3-5-8-14)17(33)13-36-23-29-28-20(32(23)26)15-9-6-10-16(24)11-15/h3-11H,2,12-13,25-26H2,1H3,(H,27,34,35). The zero-order chi connectivity index (χ0) is 25.8. The fraction of sp³-hybridized carbons (Fsp3) is 0.174. The number of rotatable bonds is 8. The molecule has 0 aliphatic rings. The van der Waals surface area contributed by atoms with Crippen LogP contribution < -0.4 is 27.7 Å². The second-order valence-corrected chi connectivity index (χ2v) is 9.06. The number of aromatic amines is 1. The van der Waals surface area contributed by atoms with Crippen molar-refractivity contribution < 1.29 is 4.79 Å². The molecule has 0 radical (unpaired) electrons. The molecule has 0 saturated heterocycles. The maximum absolute atomic E-state index is 13.1. The molecule has 0 aliphatic carbocycles. The number of nitrogens with one attached hydrogen (secondary N) is 1. The van der Waals surface area contributed by atoms with Crippen molar-refractivity contribution in [2.24, 2.45) is 0 Å². The van der Waals surface area contributed by atoms with Gasteiger partial charge >= 0.3 is 5.69 Å². The molecular formula is C23H23ClN8O3S. The number of amides is 1. The number of aromatic nitrogens is 5. The lowest BCUT2D eigenvalue weighted by molar-refractivity contribution is -0.116. The van der Waals surface area contributed by atoms with Gasteiger partial charge in [-0.3, -0.25) is 19.1 Å². The summed E-state index contributed by atoms with van der Waals surface area (Å²) >= 11 is 7.10. The van der Waals surface area contributed by atoms with Gasteiger partial charge in [-0.1, -0.05) is 65.8 Å². The van der Waals surface area contributed by atoms with E-state index in [2.05, 4.69) is 15.2 Å². The van der Waals surface area contributed by atoms with E-state index in [1.807, 2.05) is 30.3 Å². The SMILES string of the molecule is CCN(C(=O)CSc1nnc(-c2cccc(Cl)c2)n1N)c1c(N)n(Cc2ccccc2)c(=O)[nH]c1=O. The van der Waals surface area contributed by atoms with Crippen LogP contribution in [0.15, 0.2) is 69.3 Å². The number of halogens is 1. The van der Waals surface area contributed by atoms with E-state index in [4.69, 9.17) is 23.2 Å². The van der Waals surface area contributed by atoms with E-state index in [0.29, 0.717) is 21.6 Å². The fourth-order valence-electron chi connectivity index (χ4n) is 3.62. The molecule has 11 nitrogen and oxygen atoms in total. The topological polar surface area (TPSA) is 158 Å². The van der Waals surface area contributed by atoms with Gasteiger partial charge in [-0.25, -0.2) is 9.47 Å². The van der Waals surface area contributed by atoms with Crippen LogP contribution >= 0.6 is 23.4 Å². The fourth-order valence-corrected chi connectivity index (χ4v) is 4.55. The van der Waals surface area contributed by atoms with Gasteiger partial charge in [-0.05, 0) is 24.6 Å². The van der Waals surface area contributed by atoms with Crippen molar-refractivity contribution in [2.75, 3.05) is 28.8 Å².